The molecule has 0 fully saturated rings. The van der Waals surface area contributed by atoms with E-state index >= 15 is 0 Å². The smallest absolute Gasteiger partial charge is 0.309 e. The summed E-state index contributed by atoms with van der Waals surface area (Å²) in [6, 6.07) is 5.53. The molecule has 2 rings (SSSR count). The fraction of sp³-hybridized carbons (Fsp3) is 0.231. The lowest BCUT2D eigenvalue weighted by atomic mass is 10.0. The van der Waals surface area contributed by atoms with Crippen molar-refractivity contribution in [3.63, 3.8) is 0 Å². The van der Waals surface area contributed by atoms with Gasteiger partial charge in [0.1, 0.15) is 0 Å². The first kappa shape index (κ1) is 11.4. The Morgan fingerprint density at radius 3 is 2.59 bits per heavy atom. The third-order valence-electron chi connectivity index (χ3n) is 2.71. The fourth-order valence-electron chi connectivity index (χ4n) is 2.04. The quantitative estimate of drug-likeness (QED) is 0.827. The van der Waals surface area contributed by atoms with Crippen LogP contribution in [0.5, 0.6) is 0 Å². The number of benzene rings is 1. The van der Waals surface area contributed by atoms with E-state index in [0.29, 0.717) is 11.1 Å². The lowest BCUT2D eigenvalue weighted by molar-refractivity contribution is -0.136. The van der Waals surface area contributed by atoms with Gasteiger partial charge in [0, 0.05) is 11.1 Å². The van der Waals surface area contributed by atoms with Gasteiger partial charge in [0.15, 0.2) is 0 Å². The molecule has 1 aromatic heterocycles. The molecule has 0 unspecified atom stereocenters. The van der Waals surface area contributed by atoms with E-state index in [0.717, 1.165) is 16.5 Å². The summed E-state index contributed by atoms with van der Waals surface area (Å²) in [5.41, 5.74) is 2.21. The van der Waals surface area contributed by atoms with Gasteiger partial charge in [-0.2, -0.15) is 0 Å². The van der Waals surface area contributed by atoms with Gasteiger partial charge in [0.2, 0.25) is 0 Å². The molecule has 2 aromatic rings. The number of rotatable bonds is 2. The van der Waals surface area contributed by atoms with Crippen LogP contribution in [0.3, 0.4) is 0 Å². The van der Waals surface area contributed by atoms with E-state index in [1.807, 2.05) is 26.0 Å². The summed E-state index contributed by atoms with van der Waals surface area (Å²) in [7, 11) is 0. The molecule has 4 heteroatoms. The van der Waals surface area contributed by atoms with Crippen LogP contribution < -0.4 is 5.56 Å². The Labute approximate surface area is 97.9 Å². The van der Waals surface area contributed by atoms with Crippen LogP contribution in [0.2, 0.25) is 0 Å². The number of pyridine rings is 1. The first-order valence-corrected chi connectivity index (χ1v) is 5.32. The topological polar surface area (TPSA) is 70.2 Å². The molecule has 0 aliphatic rings. The number of aromatic amines is 1. The molecule has 4 nitrogen and oxygen atoms in total. The number of hydrogen-bond acceptors (Lipinski definition) is 2. The number of hydrogen-bond donors (Lipinski definition) is 2. The second kappa shape index (κ2) is 4.05. The molecule has 0 spiro atoms. The first-order valence-electron chi connectivity index (χ1n) is 5.32. The summed E-state index contributed by atoms with van der Waals surface area (Å²) in [5.74, 6) is -0.954. The third-order valence-corrected chi connectivity index (χ3v) is 2.71. The highest BCUT2D eigenvalue weighted by Crippen LogP contribution is 2.18. The van der Waals surface area contributed by atoms with Crippen molar-refractivity contribution in [1.29, 1.82) is 0 Å². The molecule has 88 valence electrons. The van der Waals surface area contributed by atoms with Crippen LogP contribution in [-0.4, -0.2) is 16.1 Å². The maximum atomic E-state index is 11.8. The van der Waals surface area contributed by atoms with Gasteiger partial charge in [-0.25, -0.2) is 0 Å². The van der Waals surface area contributed by atoms with Crippen LogP contribution in [0, 0.1) is 13.8 Å². The van der Waals surface area contributed by atoms with Crippen molar-refractivity contribution in [3.8, 4) is 0 Å². The predicted molar refractivity (Wildman–Crippen MR) is 65.4 cm³/mol. The molecule has 0 radical (unpaired) electrons. The minimum absolute atomic E-state index is 0.168. The molecule has 1 aromatic carbocycles. The summed E-state index contributed by atoms with van der Waals surface area (Å²) in [6.07, 6.45) is -0.168. The highest BCUT2D eigenvalue weighted by Gasteiger charge is 2.07. The van der Waals surface area contributed by atoms with Crippen LogP contribution >= 0.6 is 0 Å². The molecule has 0 amide bonds. The van der Waals surface area contributed by atoms with E-state index in [2.05, 4.69) is 4.98 Å². The third kappa shape index (κ3) is 2.20. The fourth-order valence-corrected chi connectivity index (χ4v) is 2.04. The second-order valence-electron chi connectivity index (χ2n) is 4.24. The second-order valence-corrected chi connectivity index (χ2v) is 4.24. The monoisotopic (exact) mass is 231 g/mol. The number of H-pyrrole nitrogens is 1. The number of aromatic nitrogens is 1. The molecule has 0 bridgehead atoms. The summed E-state index contributed by atoms with van der Waals surface area (Å²) in [6.45, 7) is 3.84. The van der Waals surface area contributed by atoms with Crippen molar-refractivity contribution >= 4 is 16.7 Å². The number of nitrogens with one attached hydrogen (secondary N) is 1. The number of aliphatic carboxylic acids is 1. The van der Waals surface area contributed by atoms with Gasteiger partial charge in [-0.3, -0.25) is 9.59 Å². The summed E-state index contributed by atoms with van der Waals surface area (Å²) in [5, 5.41) is 10.1. The number of carbonyl (C=O) groups is 1. The summed E-state index contributed by atoms with van der Waals surface area (Å²) in [4.78, 5) is 25.1. The normalized spacial score (nSPS) is 10.7. The first-order chi connectivity index (χ1) is 7.97. The van der Waals surface area contributed by atoms with E-state index in [-0.39, 0.29) is 12.0 Å². The molecule has 0 saturated heterocycles. The zero-order valence-corrected chi connectivity index (χ0v) is 9.70. The van der Waals surface area contributed by atoms with E-state index < -0.39 is 5.97 Å². The average Bonchev–Trinajstić information content (AvgIpc) is 2.19. The number of aryl methyl sites for hydroxylation is 2. The maximum Gasteiger partial charge on any atom is 0.309 e. The largest absolute Gasteiger partial charge is 0.481 e. The van der Waals surface area contributed by atoms with Crippen LogP contribution in [0.4, 0.5) is 0 Å². The molecular weight excluding hydrogens is 218 g/mol. The van der Waals surface area contributed by atoms with Gasteiger partial charge in [-0.15, -0.1) is 0 Å². The Balaban J connectivity index is 2.73. The van der Waals surface area contributed by atoms with Gasteiger partial charge in [-0.1, -0.05) is 11.6 Å². The Hall–Kier alpha value is -2.10. The van der Waals surface area contributed by atoms with Gasteiger partial charge in [-0.05, 0) is 36.9 Å². The van der Waals surface area contributed by atoms with E-state index in [1.54, 1.807) is 6.07 Å². The Bertz CT molecular complexity index is 655. The molecule has 17 heavy (non-hydrogen) atoms. The van der Waals surface area contributed by atoms with Gasteiger partial charge >= 0.3 is 5.97 Å². The molecule has 1 heterocycles. The molecule has 2 N–H and O–H groups in total. The SMILES string of the molecule is Cc1cc(C)c2cc(CC(=O)O)[nH]c(=O)c2c1. The molecule has 0 saturated carbocycles. The van der Waals surface area contributed by atoms with E-state index in [4.69, 9.17) is 5.11 Å². The lowest BCUT2D eigenvalue weighted by Crippen LogP contribution is -2.12. The van der Waals surface area contributed by atoms with E-state index in [1.165, 1.54) is 0 Å². The molecular formula is C13H13NO3. The Morgan fingerprint density at radius 1 is 1.24 bits per heavy atom. The van der Waals surface area contributed by atoms with Crippen molar-refractivity contribution < 1.29 is 9.90 Å². The highest BCUT2D eigenvalue weighted by atomic mass is 16.4. The minimum atomic E-state index is -0.954. The van der Waals surface area contributed by atoms with Crippen molar-refractivity contribution in [1.82, 2.24) is 4.98 Å². The molecule has 0 aliphatic carbocycles. The number of carboxylic acids is 1. The standard InChI is InChI=1S/C13H13NO3/c1-7-3-8(2)10-5-9(6-12(15)16)14-13(17)11(10)4-7/h3-5H,6H2,1-2H3,(H,14,17)(H,15,16). The van der Waals surface area contributed by atoms with Gasteiger partial charge < -0.3 is 10.1 Å². The van der Waals surface area contributed by atoms with Crippen LogP contribution in [0.1, 0.15) is 16.8 Å². The van der Waals surface area contributed by atoms with Crippen molar-refractivity contribution in [2.24, 2.45) is 0 Å². The minimum Gasteiger partial charge on any atom is -0.481 e. The highest BCUT2D eigenvalue weighted by molar-refractivity contribution is 5.86. The number of carboxylic acid groups (broad SMARTS) is 1. The van der Waals surface area contributed by atoms with Gasteiger partial charge in [0.25, 0.3) is 5.56 Å². The zero-order chi connectivity index (χ0) is 12.6. The Morgan fingerprint density at radius 2 is 1.94 bits per heavy atom. The molecule has 0 aliphatic heterocycles. The van der Waals surface area contributed by atoms with Crippen LogP contribution in [0.25, 0.3) is 10.8 Å². The van der Waals surface area contributed by atoms with Crippen molar-refractivity contribution in [2.75, 3.05) is 0 Å². The van der Waals surface area contributed by atoms with Crippen molar-refractivity contribution in [3.05, 3.63) is 45.4 Å². The summed E-state index contributed by atoms with van der Waals surface area (Å²) < 4.78 is 0. The number of fused-ring (bicyclic) bond motifs is 1. The van der Waals surface area contributed by atoms with Crippen LogP contribution in [0.15, 0.2) is 23.0 Å². The zero-order valence-electron chi connectivity index (χ0n) is 9.70. The van der Waals surface area contributed by atoms with Crippen LogP contribution in [-0.2, 0) is 11.2 Å². The van der Waals surface area contributed by atoms with Gasteiger partial charge in [0.05, 0.1) is 6.42 Å². The van der Waals surface area contributed by atoms with E-state index in [9.17, 15) is 9.59 Å². The lowest BCUT2D eigenvalue weighted by Gasteiger charge is -2.06. The van der Waals surface area contributed by atoms with Crippen molar-refractivity contribution in [2.45, 2.75) is 20.3 Å². The Kier molecular flexibility index (Phi) is 2.71. The average molecular weight is 231 g/mol. The molecule has 0 atom stereocenters. The maximum absolute atomic E-state index is 11.8. The predicted octanol–water partition coefficient (Wildman–Crippen LogP) is 1.77. The summed E-state index contributed by atoms with van der Waals surface area (Å²) >= 11 is 0.